The number of carbonyl (C=O) groups is 6. The molecule has 6 aliphatic heterocycles. The molecule has 0 spiro atoms. The van der Waals surface area contributed by atoms with E-state index in [9.17, 15) is 28.8 Å². The van der Waals surface area contributed by atoms with Crippen LogP contribution in [0.25, 0.3) is 0 Å². The topological polar surface area (TPSA) is 234 Å². The lowest BCUT2D eigenvalue weighted by molar-refractivity contribution is -0.139. The van der Waals surface area contributed by atoms with E-state index in [2.05, 4.69) is 44.9 Å². The molecule has 4 amide bonds. The quantitative estimate of drug-likeness (QED) is 0.179. The summed E-state index contributed by atoms with van der Waals surface area (Å²) in [6.07, 6.45) is 11.7. The number of anilines is 2. The van der Waals surface area contributed by atoms with Gasteiger partial charge in [0, 0.05) is 86.9 Å². The minimum Gasteiger partial charge on any atom is -0.366 e. The van der Waals surface area contributed by atoms with Gasteiger partial charge in [-0.25, -0.2) is 0 Å². The summed E-state index contributed by atoms with van der Waals surface area (Å²) in [6.45, 7) is 10.7. The van der Waals surface area contributed by atoms with Gasteiger partial charge in [-0.3, -0.25) is 28.8 Å². The van der Waals surface area contributed by atoms with Crippen molar-refractivity contribution < 1.29 is 38.2 Å². The number of nitrogens with one attached hydrogen (secondary N) is 4. The molecule has 0 aromatic heterocycles. The van der Waals surface area contributed by atoms with E-state index in [4.69, 9.17) is 20.9 Å². The lowest BCUT2D eigenvalue weighted by atomic mass is 9.83. The zero-order valence-corrected chi connectivity index (χ0v) is 43.5. The van der Waals surface area contributed by atoms with Crippen LogP contribution in [0.3, 0.4) is 0 Å². The Morgan fingerprint density at radius 2 is 1.03 bits per heavy atom. The molecule has 402 valence electrons. The van der Waals surface area contributed by atoms with E-state index in [0.29, 0.717) is 29.1 Å². The summed E-state index contributed by atoms with van der Waals surface area (Å²) in [5.41, 5.74) is 15.8. The first kappa shape index (κ1) is 52.5. The van der Waals surface area contributed by atoms with E-state index >= 15 is 0 Å². The zero-order chi connectivity index (χ0) is 51.6. The molecule has 6 heterocycles. The van der Waals surface area contributed by atoms with Crippen molar-refractivity contribution in [1.29, 1.82) is 0 Å². The number of ketones is 2. The van der Waals surface area contributed by atoms with Gasteiger partial charge in [0.2, 0.25) is 11.8 Å². The molecule has 74 heavy (non-hydrogen) atoms. The molecule has 0 radical (unpaired) electrons. The number of hydrogen-bond donors (Lipinski definition) is 6. The van der Waals surface area contributed by atoms with Gasteiger partial charge in [0.15, 0.2) is 11.6 Å². The number of nitrogens with two attached hydrogens (primary N) is 2. The number of rotatable bonds is 12. The summed E-state index contributed by atoms with van der Waals surface area (Å²) in [5.74, 6) is 0.236. The number of piperazine rings is 2. The fourth-order valence-corrected chi connectivity index (χ4v) is 13.5. The summed E-state index contributed by atoms with van der Waals surface area (Å²) in [4.78, 5) is 87.6. The number of amides is 4. The highest BCUT2D eigenvalue weighted by atomic mass is 16.5. The monoisotopic (exact) mass is 1020 g/mol. The molecular weight excluding hydrogens is 941 g/mol. The summed E-state index contributed by atoms with van der Waals surface area (Å²) < 4.78 is 11.2. The van der Waals surface area contributed by atoms with E-state index in [0.717, 1.165) is 121 Å². The average Bonchev–Trinajstić information content (AvgIpc) is 3.81. The number of benzene rings is 2. The fraction of sp³-hybridized carbons (Fsp3) is 0.679. The van der Waals surface area contributed by atoms with Crippen LogP contribution in [0, 0.1) is 23.7 Å². The first-order chi connectivity index (χ1) is 35.9. The number of hydrogen-bond acceptors (Lipinski definition) is 14. The molecule has 3 aliphatic carbocycles. The molecule has 18 heteroatoms. The highest BCUT2D eigenvalue weighted by molar-refractivity contribution is 6.01. The molecule has 8 N–H and O–H groups in total. The van der Waals surface area contributed by atoms with Crippen molar-refractivity contribution in [3.63, 3.8) is 0 Å². The minimum absolute atomic E-state index is 0.00565. The van der Waals surface area contributed by atoms with Crippen LogP contribution >= 0.6 is 0 Å². The van der Waals surface area contributed by atoms with Gasteiger partial charge in [0.1, 0.15) is 49.6 Å². The Morgan fingerprint density at radius 3 is 1.47 bits per heavy atom. The fourth-order valence-electron chi connectivity index (χ4n) is 13.5. The number of ether oxygens (including phenoxy) is 2. The molecule has 3 saturated carbocycles. The Kier molecular flexibility index (Phi) is 16.4. The maximum atomic E-state index is 13.8. The Bertz CT molecular complexity index is 2180. The highest BCUT2D eigenvalue weighted by Gasteiger charge is 2.54. The molecule has 2 unspecified atom stereocenters. The van der Waals surface area contributed by atoms with Crippen LogP contribution in [0.1, 0.15) is 112 Å². The van der Waals surface area contributed by atoms with E-state index in [1.165, 1.54) is 12.8 Å². The van der Waals surface area contributed by atoms with Gasteiger partial charge in [0.25, 0.3) is 11.8 Å². The van der Waals surface area contributed by atoms with Gasteiger partial charge in [-0.1, -0.05) is 52.4 Å². The molecule has 10 atom stereocenters. The second-order valence-electron chi connectivity index (χ2n) is 23.0. The summed E-state index contributed by atoms with van der Waals surface area (Å²) >= 11 is 0. The molecule has 11 rings (SSSR count). The van der Waals surface area contributed by atoms with Crippen LogP contribution < -0.4 is 42.5 Å². The lowest BCUT2D eigenvalue weighted by Crippen LogP contribution is -2.55. The third-order valence-electron chi connectivity index (χ3n) is 17.8. The molecular formula is C56H80N10O8. The maximum Gasteiger partial charge on any atom is 0.251 e. The molecule has 18 nitrogen and oxygen atoms in total. The van der Waals surface area contributed by atoms with Crippen LogP contribution in [0.5, 0.6) is 0 Å². The van der Waals surface area contributed by atoms with Crippen molar-refractivity contribution in [2.24, 2.45) is 35.1 Å². The van der Waals surface area contributed by atoms with Crippen LogP contribution in [-0.2, 0) is 28.7 Å². The normalized spacial score (nSPS) is 30.4. The van der Waals surface area contributed by atoms with Gasteiger partial charge in [-0.15, -0.1) is 0 Å². The second kappa shape index (κ2) is 23.1. The summed E-state index contributed by atoms with van der Waals surface area (Å²) in [6, 6.07) is 13.0. The Morgan fingerprint density at radius 1 is 0.595 bits per heavy atom. The van der Waals surface area contributed by atoms with Crippen LogP contribution in [0.15, 0.2) is 48.5 Å². The Hall–Kier alpha value is -4.98. The second-order valence-corrected chi connectivity index (χ2v) is 23.0. The molecule has 2 aromatic rings. The minimum atomic E-state index is -0.676. The summed E-state index contributed by atoms with van der Waals surface area (Å²) in [5, 5.41) is 13.1. The van der Waals surface area contributed by atoms with Gasteiger partial charge < -0.3 is 61.8 Å². The van der Waals surface area contributed by atoms with E-state index in [1.807, 2.05) is 48.5 Å². The number of fused-ring (bicyclic) bond motifs is 2. The van der Waals surface area contributed by atoms with Crippen molar-refractivity contribution in [1.82, 2.24) is 31.1 Å². The standard InChI is InChI=1S/C28H39N5O4.C28H41N5O4/c29-21-15-33(25-23(34)16-37-26(21)25)28(36)24(18-4-2-1-3-5-18)31-27(35)19-8-10-20(11-9-19)32-13-12-30-14-22(32)17-6-7-17;1-17(2)22-14-30-12-13-32(22)20-10-8-19(9-11-20)27(35)31-24(18-6-4-3-5-7-18)28(36)33-15-21(29)26-25(33)23(34)16-37-26/h8-11,17-18,21-22,24-26,30H,1-7,12-16,29H2,(H,31,35);8-11,17-18,21-22,24-26,30H,3-7,12-16,29H2,1-2H3,(H,31,35)/t2*21-,22?,24-,25+,26+/m00/s1. The number of likely N-dealkylation sites (tertiary alicyclic amines) is 2. The molecule has 2 aromatic carbocycles. The molecule has 0 bridgehead atoms. The first-order valence-corrected chi connectivity index (χ1v) is 28.0. The predicted molar refractivity (Wildman–Crippen MR) is 281 cm³/mol. The number of Topliss-reactive ketones (excluding diaryl/α,β-unsaturated/α-hetero) is 2. The lowest BCUT2D eigenvalue weighted by Gasteiger charge is -2.40. The smallest absolute Gasteiger partial charge is 0.251 e. The Balaban J connectivity index is 0.000000169. The van der Waals surface area contributed by atoms with Crippen molar-refractivity contribution in [3.05, 3.63) is 59.7 Å². The van der Waals surface area contributed by atoms with Gasteiger partial charge in [-0.05, 0) is 111 Å². The van der Waals surface area contributed by atoms with Crippen LogP contribution in [-0.4, -0.2) is 171 Å². The van der Waals surface area contributed by atoms with Gasteiger partial charge in [-0.2, -0.15) is 0 Å². The van der Waals surface area contributed by atoms with Crippen molar-refractivity contribution in [2.45, 2.75) is 151 Å². The van der Waals surface area contributed by atoms with Gasteiger partial charge >= 0.3 is 0 Å². The van der Waals surface area contributed by atoms with E-state index in [1.54, 1.807) is 9.80 Å². The van der Waals surface area contributed by atoms with Crippen LogP contribution in [0.4, 0.5) is 11.4 Å². The van der Waals surface area contributed by atoms with Crippen molar-refractivity contribution in [3.8, 4) is 0 Å². The average molecular weight is 1020 g/mol. The third-order valence-corrected chi connectivity index (χ3v) is 17.8. The SMILES string of the molecule is CC(C)C1CNCCN1c1ccc(C(=O)N[C@H](C(=O)N2C[C@H](N)[C@H]3OCC(=O)[C@H]32)C2CCCCC2)cc1.N[C@H]1CN(C(=O)[C@@H](NC(=O)c2ccc(N3CCNCC3C3CC3)cc2)C2CCCCC2)[C@@H]2C(=O)CO[C@@H]21. The van der Waals surface area contributed by atoms with Crippen molar-refractivity contribution >= 4 is 46.6 Å². The van der Waals surface area contributed by atoms with E-state index in [-0.39, 0.29) is 79.4 Å². The molecule has 6 saturated heterocycles. The largest absolute Gasteiger partial charge is 0.366 e. The zero-order valence-electron chi connectivity index (χ0n) is 43.5. The Labute approximate surface area is 436 Å². The maximum absolute atomic E-state index is 13.8. The third kappa shape index (κ3) is 11.1. The number of carbonyl (C=O) groups excluding carboxylic acids is 6. The van der Waals surface area contributed by atoms with E-state index < -0.39 is 42.4 Å². The number of nitrogens with zero attached hydrogens (tertiary/aromatic N) is 4. The summed E-state index contributed by atoms with van der Waals surface area (Å²) in [7, 11) is 0. The molecule has 9 aliphatic rings. The first-order valence-electron chi connectivity index (χ1n) is 28.0. The molecule has 9 fully saturated rings. The highest BCUT2D eigenvalue weighted by Crippen LogP contribution is 2.38. The van der Waals surface area contributed by atoms with Gasteiger partial charge in [0.05, 0.1) is 12.1 Å². The van der Waals surface area contributed by atoms with Crippen LogP contribution in [0.2, 0.25) is 0 Å². The van der Waals surface area contributed by atoms with Crippen molar-refractivity contribution in [2.75, 3.05) is 75.4 Å². The predicted octanol–water partition coefficient (Wildman–Crippen LogP) is 2.37.